The number of aryl methyl sites for hydroxylation is 2. The van der Waals surface area contributed by atoms with Gasteiger partial charge in [-0.05, 0) is 68.5 Å². The van der Waals surface area contributed by atoms with Gasteiger partial charge in [0.2, 0.25) is 5.88 Å². The molecule has 0 saturated carbocycles. The molecule has 1 saturated heterocycles. The number of likely N-dealkylation sites (tertiary alicyclic amines) is 1. The molecule has 1 fully saturated rings. The van der Waals surface area contributed by atoms with Gasteiger partial charge in [-0.25, -0.2) is 0 Å². The van der Waals surface area contributed by atoms with Gasteiger partial charge >= 0.3 is 0 Å². The molecule has 1 aliphatic rings. The smallest absolute Gasteiger partial charge is 0.233 e. The van der Waals surface area contributed by atoms with Crippen molar-refractivity contribution in [2.24, 2.45) is 0 Å². The van der Waals surface area contributed by atoms with Crippen LogP contribution in [0.1, 0.15) is 48.3 Å². The van der Waals surface area contributed by atoms with Gasteiger partial charge in [-0.15, -0.1) is 5.10 Å². The molecule has 1 aliphatic heterocycles. The highest BCUT2D eigenvalue weighted by Crippen LogP contribution is 2.19. The second kappa shape index (κ2) is 9.66. The van der Waals surface area contributed by atoms with Crippen LogP contribution in [0.2, 0.25) is 0 Å². The summed E-state index contributed by atoms with van der Waals surface area (Å²) in [4.78, 5) is 2.53. The molecule has 0 amide bonds. The summed E-state index contributed by atoms with van der Waals surface area (Å²) in [6.45, 7) is 5.58. The Bertz CT molecular complexity index is 872. The number of hydrogen-bond donors (Lipinski definition) is 0. The molecule has 1 atom stereocenters. The van der Waals surface area contributed by atoms with Crippen molar-refractivity contribution in [1.29, 1.82) is 0 Å². The Hall–Kier alpha value is -2.72. The molecule has 150 valence electrons. The van der Waals surface area contributed by atoms with Crippen molar-refractivity contribution in [2.45, 2.75) is 45.3 Å². The normalized spacial score (nSPS) is 15.3. The number of nitrogens with zero attached hydrogens (tertiary/aromatic N) is 3. The van der Waals surface area contributed by atoms with Crippen molar-refractivity contribution in [3.8, 4) is 5.88 Å². The molecule has 1 aromatic heterocycles. The summed E-state index contributed by atoms with van der Waals surface area (Å²) in [7, 11) is 0. The van der Waals surface area contributed by atoms with E-state index in [4.69, 9.17) is 4.74 Å². The Kier molecular flexibility index (Phi) is 6.52. The van der Waals surface area contributed by atoms with Crippen LogP contribution in [0.15, 0.2) is 66.7 Å². The van der Waals surface area contributed by atoms with Crippen molar-refractivity contribution in [2.75, 3.05) is 13.1 Å². The lowest BCUT2D eigenvalue weighted by Gasteiger charge is -2.14. The maximum absolute atomic E-state index is 5.91. The molecule has 4 nitrogen and oxygen atoms in total. The summed E-state index contributed by atoms with van der Waals surface area (Å²) < 4.78 is 5.91. The maximum atomic E-state index is 5.91. The van der Waals surface area contributed by atoms with E-state index in [1.54, 1.807) is 0 Å². The lowest BCUT2D eigenvalue weighted by molar-refractivity contribution is 0.214. The highest BCUT2D eigenvalue weighted by atomic mass is 16.5. The molecule has 2 aromatic carbocycles. The molecular weight excluding hydrogens is 358 g/mol. The molecule has 0 N–H and O–H groups in total. The van der Waals surface area contributed by atoms with E-state index in [9.17, 15) is 0 Å². The monoisotopic (exact) mass is 387 g/mol. The van der Waals surface area contributed by atoms with Crippen LogP contribution in [-0.2, 0) is 19.4 Å². The fourth-order valence-corrected chi connectivity index (χ4v) is 3.80. The number of hydrogen-bond acceptors (Lipinski definition) is 4. The maximum Gasteiger partial charge on any atom is 0.233 e. The topological polar surface area (TPSA) is 38.2 Å². The van der Waals surface area contributed by atoms with E-state index in [0.29, 0.717) is 5.88 Å². The summed E-state index contributed by atoms with van der Waals surface area (Å²) >= 11 is 0. The molecule has 0 bridgehead atoms. The number of benzene rings is 2. The van der Waals surface area contributed by atoms with Gasteiger partial charge in [-0.3, -0.25) is 4.90 Å². The fraction of sp³-hybridized carbons (Fsp3) is 0.360. The van der Waals surface area contributed by atoms with Crippen LogP contribution < -0.4 is 4.74 Å². The minimum atomic E-state index is -0.0459. The predicted octanol–water partition coefficient (Wildman–Crippen LogP) is 5.00. The van der Waals surface area contributed by atoms with Gasteiger partial charge in [0, 0.05) is 12.6 Å². The van der Waals surface area contributed by atoms with Crippen molar-refractivity contribution in [3.05, 3.63) is 89.1 Å². The molecule has 1 unspecified atom stereocenters. The van der Waals surface area contributed by atoms with E-state index < -0.39 is 0 Å². The highest BCUT2D eigenvalue weighted by Gasteiger charge is 2.11. The van der Waals surface area contributed by atoms with Gasteiger partial charge in [0.05, 0.1) is 5.69 Å². The second-order valence-corrected chi connectivity index (χ2v) is 7.83. The predicted molar refractivity (Wildman–Crippen MR) is 116 cm³/mol. The minimum Gasteiger partial charge on any atom is -0.469 e. The Labute approximate surface area is 173 Å². The standard InChI is InChI=1S/C25H29N3O/c1-20(23-7-3-2-4-8-23)29-25-16-15-24(26-27-25)14-13-21-9-11-22(12-10-21)19-28-17-5-6-18-28/h2-4,7-12,15-16,20H,5-6,13-14,17-19H2,1H3. The van der Waals surface area contributed by atoms with Crippen LogP contribution in [0.4, 0.5) is 0 Å². The molecule has 3 aromatic rings. The van der Waals surface area contributed by atoms with Gasteiger partial charge < -0.3 is 4.74 Å². The van der Waals surface area contributed by atoms with Crippen molar-refractivity contribution >= 4 is 0 Å². The zero-order valence-electron chi connectivity index (χ0n) is 17.1. The SMILES string of the molecule is CC(Oc1ccc(CCc2ccc(CN3CCCC3)cc2)nn1)c1ccccc1. The highest BCUT2D eigenvalue weighted by molar-refractivity contribution is 5.24. The van der Waals surface area contributed by atoms with Gasteiger partial charge in [-0.2, -0.15) is 5.10 Å². The third-order valence-corrected chi connectivity index (χ3v) is 5.56. The second-order valence-electron chi connectivity index (χ2n) is 7.83. The third kappa shape index (κ3) is 5.64. The molecule has 4 rings (SSSR count). The van der Waals surface area contributed by atoms with E-state index in [2.05, 4.69) is 51.5 Å². The molecule has 0 radical (unpaired) electrons. The fourth-order valence-electron chi connectivity index (χ4n) is 3.80. The molecule has 0 aliphatic carbocycles. The van der Waals surface area contributed by atoms with Crippen LogP contribution >= 0.6 is 0 Å². The van der Waals surface area contributed by atoms with Crippen LogP contribution in [0.3, 0.4) is 0 Å². The average molecular weight is 388 g/mol. The zero-order chi connectivity index (χ0) is 19.9. The molecular formula is C25H29N3O. The largest absolute Gasteiger partial charge is 0.469 e. The van der Waals surface area contributed by atoms with Crippen molar-refractivity contribution < 1.29 is 4.74 Å². The van der Waals surface area contributed by atoms with Gasteiger partial charge in [0.15, 0.2) is 0 Å². The third-order valence-electron chi connectivity index (χ3n) is 5.56. The van der Waals surface area contributed by atoms with Crippen molar-refractivity contribution in [1.82, 2.24) is 15.1 Å². The summed E-state index contributed by atoms with van der Waals surface area (Å²) in [5.41, 5.74) is 4.87. The first-order valence-corrected chi connectivity index (χ1v) is 10.6. The van der Waals surface area contributed by atoms with E-state index >= 15 is 0 Å². The van der Waals surface area contributed by atoms with E-state index in [1.807, 2.05) is 37.3 Å². The molecule has 0 spiro atoms. The Morgan fingerprint density at radius 2 is 1.55 bits per heavy atom. The summed E-state index contributed by atoms with van der Waals surface area (Å²) in [6.07, 6.45) is 4.49. The van der Waals surface area contributed by atoms with E-state index in [0.717, 1.165) is 30.6 Å². The Morgan fingerprint density at radius 3 is 2.24 bits per heavy atom. The first-order valence-electron chi connectivity index (χ1n) is 10.6. The molecule has 4 heteroatoms. The zero-order valence-corrected chi connectivity index (χ0v) is 17.1. The minimum absolute atomic E-state index is 0.0459. The first-order chi connectivity index (χ1) is 14.3. The Balaban J connectivity index is 1.26. The first kappa shape index (κ1) is 19.6. The van der Waals surface area contributed by atoms with Gasteiger partial charge in [-0.1, -0.05) is 54.6 Å². The lowest BCUT2D eigenvalue weighted by Crippen LogP contribution is -2.18. The van der Waals surface area contributed by atoms with Gasteiger partial charge in [0.25, 0.3) is 0 Å². The molecule has 29 heavy (non-hydrogen) atoms. The average Bonchev–Trinajstić information content (AvgIpc) is 3.28. The van der Waals surface area contributed by atoms with Crippen LogP contribution in [0.25, 0.3) is 0 Å². The van der Waals surface area contributed by atoms with Crippen molar-refractivity contribution in [3.63, 3.8) is 0 Å². The van der Waals surface area contributed by atoms with Crippen LogP contribution in [-0.4, -0.2) is 28.2 Å². The molecule has 2 heterocycles. The Morgan fingerprint density at radius 1 is 0.828 bits per heavy atom. The number of aromatic nitrogens is 2. The number of ether oxygens (including phenoxy) is 1. The van der Waals surface area contributed by atoms with E-state index in [-0.39, 0.29) is 6.10 Å². The summed E-state index contributed by atoms with van der Waals surface area (Å²) in [6, 6.07) is 23.1. The van der Waals surface area contributed by atoms with Crippen LogP contribution in [0.5, 0.6) is 5.88 Å². The summed E-state index contributed by atoms with van der Waals surface area (Å²) in [5.74, 6) is 0.566. The number of rotatable bonds is 8. The van der Waals surface area contributed by atoms with E-state index in [1.165, 1.54) is 37.1 Å². The van der Waals surface area contributed by atoms with Crippen LogP contribution in [0, 0.1) is 0 Å². The summed E-state index contributed by atoms with van der Waals surface area (Å²) in [5, 5.41) is 8.60. The lowest BCUT2D eigenvalue weighted by atomic mass is 10.1. The quantitative estimate of drug-likeness (QED) is 0.545. The van der Waals surface area contributed by atoms with Gasteiger partial charge in [0.1, 0.15) is 6.10 Å².